The first-order valence-electron chi connectivity index (χ1n) is 8.39. The summed E-state index contributed by atoms with van der Waals surface area (Å²) >= 11 is 0. The zero-order chi connectivity index (χ0) is 17.7. The Morgan fingerprint density at radius 1 is 1.46 bits per heavy atom. The standard InChI is InChI=1S/C18H27FN2O3/c1-12(2)14-10-21(11-16(14)20-18(23)6-7-22)9-13-4-5-15(19)17(8-13)24-3/h4-5,8,12,14,16,22H,6-7,9-11H2,1-3H3,(H,20,23)/t14-,16+/m1/s1. The maximum Gasteiger partial charge on any atom is 0.222 e. The highest BCUT2D eigenvalue weighted by Crippen LogP contribution is 2.27. The number of aliphatic hydroxyl groups is 1. The molecule has 1 aliphatic rings. The molecule has 5 nitrogen and oxygen atoms in total. The number of nitrogens with zero attached hydrogens (tertiary/aromatic N) is 1. The first kappa shape index (κ1) is 18.7. The molecule has 0 spiro atoms. The van der Waals surface area contributed by atoms with Gasteiger partial charge in [-0.2, -0.15) is 0 Å². The Morgan fingerprint density at radius 3 is 2.83 bits per heavy atom. The SMILES string of the molecule is COc1cc(CN2C[C@H](NC(=O)CCO)[C@@H](C(C)C)C2)ccc1F. The molecular weight excluding hydrogens is 311 g/mol. The second-order valence-corrected chi connectivity index (χ2v) is 6.72. The van der Waals surface area contributed by atoms with Crippen molar-refractivity contribution in [3.63, 3.8) is 0 Å². The maximum absolute atomic E-state index is 13.5. The van der Waals surface area contributed by atoms with E-state index in [4.69, 9.17) is 9.84 Å². The van der Waals surface area contributed by atoms with Crippen molar-refractivity contribution in [3.8, 4) is 5.75 Å². The van der Waals surface area contributed by atoms with Gasteiger partial charge in [0, 0.05) is 32.1 Å². The molecule has 0 aliphatic carbocycles. The molecule has 1 fully saturated rings. The zero-order valence-electron chi connectivity index (χ0n) is 14.6. The fourth-order valence-electron chi connectivity index (χ4n) is 3.31. The number of rotatable bonds is 7. The number of likely N-dealkylation sites (tertiary alicyclic amines) is 1. The summed E-state index contributed by atoms with van der Waals surface area (Å²) in [5, 5.41) is 11.9. The van der Waals surface area contributed by atoms with Crippen LogP contribution >= 0.6 is 0 Å². The predicted octanol–water partition coefficient (Wildman–Crippen LogP) is 1.79. The molecule has 2 atom stereocenters. The van der Waals surface area contributed by atoms with Crippen molar-refractivity contribution < 1.29 is 19.0 Å². The van der Waals surface area contributed by atoms with Crippen molar-refractivity contribution in [2.75, 3.05) is 26.8 Å². The van der Waals surface area contributed by atoms with Crippen molar-refractivity contribution in [2.45, 2.75) is 32.9 Å². The molecule has 0 unspecified atom stereocenters. The maximum atomic E-state index is 13.5. The topological polar surface area (TPSA) is 61.8 Å². The van der Waals surface area contributed by atoms with Gasteiger partial charge in [0.1, 0.15) is 0 Å². The summed E-state index contributed by atoms with van der Waals surface area (Å²) in [5.41, 5.74) is 0.984. The lowest BCUT2D eigenvalue weighted by atomic mass is 9.91. The van der Waals surface area contributed by atoms with Crippen LogP contribution in [0, 0.1) is 17.7 Å². The highest BCUT2D eigenvalue weighted by molar-refractivity contribution is 5.76. The van der Waals surface area contributed by atoms with Crippen LogP contribution in [0.15, 0.2) is 18.2 Å². The number of amides is 1. The van der Waals surface area contributed by atoms with E-state index >= 15 is 0 Å². The number of hydrogen-bond donors (Lipinski definition) is 2. The molecule has 1 aromatic carbocycles. The minimum absolute atomic E-state index is 0.0754. The highest BCUT2D eigenvalue weighted by Gasteiger charge is 2.35. The van der Waals surface area contributed by atoms with Gasteiger partial charge in [-0.25, -0.2) is 4.39 Å². The van der Waals surface area contributed by atoms with Crippen LogP contribution in [0.5, 0.6) is 5.75 Å². The normalized spacial score (nSPS) is 21.2. The van der Waals surface area contributed by atoms with Gasteiger partial charge in [-0.05, 0) is 29.5 Å². The molecule has 1 aliphatic heterocycles. The molecule has 2 rings (SSSR count). The molecule has 24 heavy (non-hydrogen) atoms. The number of halogens is 1. The lowest BCUT2D eigenvalue weighted by Crippen LogP contribution is -2.42. The van der Waals surface area contributed by atoms with Gasteiger partial charge < -0.3 is 15.2 Å². The van der Waals surface area contributed by atoms with Gasteiger partial charge in [0.25, 0.3) is 0 Å². The fraction of sp³-hybridized carbons (Fsp3) is 0.611. The smallest absolute Gasteiger partial charge is 0.222 e. The molecule has 6 heteroatoms. The first-order chi connectivity index (χ1) is 11.4. The zero-order valence-corrected chi connectivity index (χ0v) is 14.6. The van der Waals surface area contributed by atoms with Gasteiger partial charge in [0.05, 0.1) is 13.7 Å². The molecule has 0 aromatic heterocycles. The van der Waals surface area contributed by atoms with Crippen LogP contribution in [0.2, 0.25) is 0 Å². The van der Waals surface area contributed by atoms with E-state index in [0.29, 0.717) is 18.4 Å². The van der Waals surface area contributed by atoms with Crippen LogP contribution in [0.3, 0.4) is 0 Å². The number of carbonyl (C=O) groups is 1. The van der Waals surface area contributed by atoms with Crippen molar-refractivity contribution >= 4 is 5.91 Å². The van der Waals surface area contributed by atoms with E-state index in [1.165, 1.54) is 13.2 Å². The van der Waals surface area contributed by atoms with Crippen LogP contribution in [-0.4, -0.2) is 48.8 Å². The predicted molar refractivity (Wildman–Crippen MR) is 90.2 cm³/mol. The van der Waals surface area contributed by atoms with Crippen LogP contribution in [0.1, 0.15) is 25.8 Å². The van der Waals surface area contributed by atoms with Gasteiger partial charge >= 0.3 is 0 Å². The van der Waals surface area contributed by atoms with Crippen molar-refractivity contribution in [1.82, 2.24) is 10.2 Å². The van der Waals surface area contributed by atoms with E-state index in [-0.39, 0.29) is 36.5 Å². The van der Waals surface area contributed by atoms with Gasteiger partial charge in [-0.1, -0.05) is 19.9 Å². The fourth-order valence-corrected chi connectivity index (χ4v) is 3.31. The molecule has 0 saturated carbocycles. The number of aliphatic hydroxyl groups excluding tert-OH is 1. The molecule has 0 bridgehead atoms. The van der Waals surface area contributed by atoms with Crippen molar-refractivity contribution in [3.05, 3.63) is 29.6 Å². The highest BCUT2D eigenvalue weighted by atomic mass is 19.1. The van der Waals surface area contributed by atoms with E-state index in [9.17, 15) is 9.18 Å². The average Bonchev–Trinajstić information content (AvgIpc) is 2.92. The quantitative estimate of drug-likeness (QED) is 0.796. The van der Waals surface area contributed by atoms with E-state index in [1.54, 1.807) is 12.1 Å². The number of methoxy groups -OCH3 is 1. The van der Waals surface area contributed by atoms with Gasteiger partial charge in [-0.15, -0.1) is 0 Å². The molecule has 1 amide bonds. The van der Waals surface area contributed by atoms with E-state index in [1.807, 2.05) is 0 Å². The van der Waals surface area contributed by atoms with E-state index < -0.39 is 0 Å². The summed E-state index contributed by atoms with van der Waals surface area (Å²) < 4.78 is 18.6. The lowest BCUT2D eigenvalue weighted by molar-refractivity contribution is -0.122. The van der Waals surface area contributed by atoms with E-state index in [2.05, 4.69) is 24.1 Å². The lowest BCUT2D eigenvalue weighted by Gasteiger charge is -2.22. The molecule has 1 heterocycles. The molecule has 1 saturated heterocycles. The van der Waals surface area contributed by atoms with Crippen LogP contribution in [0.4, 0.5) is 4.39 Å². The Morgan fingerprint density at radius 2 is 2.21 bits per heavy atom. The molecule has 1 aromatic rings. The Balaban J connectivity index is 2.03. The summed E-state index contributed by atoms with van der Waals surface area (Å²) in [5.74, 6) is 0.572. The van der Waals surface area contributed by atoms with Gasteiger partial charge in [-0.3, -0.25) is 9.69 Å². The molecule has 2 N–H and O–H groups in total. The second kappa shape index (κ2) is 8.44. The Kier molecular flexibility index (Phi) is 6.57. The van der Waals surface area contributed by atoms with Crippen molar-refractivity contribution in [2.24, 2.45) is 11.8 Å². The summed E-state index contributed by atoms with van der Waals surface area (Å²) in [6.45, 7) is 6.48. The summed E-state index contributed by atoms with van der Waals surface area (Å²) in [4.78, 5) is 14.1. The molecular formula is C18H27FN2O3. The third kappa shape index (κ3) is 4.68. The van der Waals surface area contributed by atoms with Gasteiger partial charge in [0.15, 0.2) is 11.6 Å². The van der Waals surface area contributed by atoms with Crippen LogP contribution in [-0.2, 0) is 11.3 Å². The van der Waals surface area contributed by atoms with Crippen LogP contribution < -0.4 is 10.1 Å². The molecule has 0 radical (unpaired) electrons. The largest absolute Gasteiger partial charge is 0.494 e. The number of nitrogens with one attached hydrogen (secondary N) is 1. The monoisotopic (exact) mass is 338 g/mol. The molecule has 134 valence electrons. The number of hydrogen-bond acceptors (Lipinski definition) is 4. The number of carbonyl (C=O) groups excluding carboxylic acids is 1. The summed E-state index contributed by atoms with van der Waals surface area (Å²) in [6, 6.07) is 4.98. The summed E-state index contributed by atoms with van der Waals surface area (Å²) in [6.07, 6.45) is 0.135. The minimum Gasteiger partial charge on any atom is -0.494 e. The van der Waals surface area contributed by atoms with Crippen molar-refractivity contribution in [1.29, 1.82) is 0 Å². The Bertz CT molecular complexity index is 565. The van der Waals surface area contributed by atoms with E-state index in [0.717, 1.165) is 18.7 Å². The van der Waals surface area contributed by atoms with Crippen LogP contribution in [0.25, 0.3) is 0 Å². The number of ether oxygens (including phenoxy) is 1. The Hall–Kier alpha value is -1.66. The first-order valence-corrected chi connectivity index (χ1v) is 8.39. The summed E-state index contributed by atoms with van der Waals surface area (Å²) in [7, 11) is 1.46. The third-order valence-corrected chi connectivity index (χ3v) is 4.60. The number of benzene rings is 1. The Labute approximate surface area is 142 Å². The van der Waals surface area contributed by atoms with Gasteiger partial charge in [0.2, 0.25) is 5.91 Å². The minimum atomic E-state index is -0.364. The average molecular weight is 338 g/mol. The second-order valence-electron chi connectivity index (χ2n) is 6.72. The third-order valence-electron chi connectivity index (χ3n) is 4.60.